The first kappa shape index (κ1) is 34.3. The van der Waals surface area contributed by atoms with Gasteiger partial charge in [-0.15, -0.1) is 37.2 Å². The fraction of sp³-hybridized carbons (Fsp3) is 0.219. The summed E-state index contributed by atoms with van der Waals surface area (Å²) in [7, 11) is 0. The predicted octanol–water partition coefficient (Wildman–Crippen LogP) is 5.39. The number of rotatable bonds is 8. The molecule has 9 nitrogen and oxygen atoms in total. The van der Waals surface area contributed by atoms with Gasteiger partial charge < -0.3 is 16.4 Å². The van der Waals surface area contributed by atoms with E-state index in [1.807, 2.05) is 43.3 Å². The molecule has 230 valence electrons. The quantitative estimate of drug-likeness (QED) is 0.205. The third-order valence-corrected chi connectivity index (χ3v) is 7.73. The van der Waals surface area contributed by atoms with Gasteiger partial charge in [-0.25, -0.2) is 9.97 Å². The van der Waals surface area contributed by atoms with Crippen LogP contribution in [0.1, 0.15) is 46.6 Å². The predicted molar refractivity (Wildman–Crippen MR) is 181 cm³/mol. The number of hydrogen-bond acceptors (Lipinski definition) is 7. The van der Waals surface area contributed by atoms with Crippen LogP contribution in [0.15, 0.2) is 90.0 Å². The number of aromatic nitrogens is 4. The largest absolute Gasteiger partial charge is 0.384 e. The number of nitrogens with zero attached hydrogens (tertiary/aromatic N) is 4. The summed E-state index contributed by atoms with van der Waals surface area (Å²) in [4.78, 5) is 40.1. The first-order chi connectivity index (χ1) is 20.0. The van der Waals surface area contributed by atoms with Gasteiger partial charge in [0, 0.05) is 48.5 Å². The minimum atomic E-state index is -0.602. The van der Waals surface area contributed by atoms with Crippen molar-refractivity contribution >= 4 is 65.5 Å². The van der Waals surface area contributed by atoms with Crippen LogP contribution in [0.5, 0.6) is 0 Å². The topological polar surface area (TPSA) is 128 Å². The molecule has 12 heteroatoms. The number of nitrogens with two attached hydrogens (primary N) is 1. The summed E-state index contributed by atoms with van der Waals surface area (Å²) in [6.45, 7) is 2.58. The standard InChI is InChI=1S/C32H31N7O2.3ClH/c1-20-24(11-14-29(33)38-20)17-37-31(40)28-13-12-25-18-35-30(32(41)39(25)28)36-19-26(27-8-4-5-15-34-27)23-10-9-21-6-2-3-7-22(21)16-23;;;/h2-11,14-16,18,26,28H,12-13,17,19H2,1H3,(H2,33,38)(H,35,36)(H,37,40);3*1H/t26-,28+;;;/m1.../s1. The van der Waals surface area contributed by atoms with E-state index in [9.17, 15) is 9.59 Å². The van der Waals surface area contributed by atoms with Gasteiger partial charge in [-0.05, 0) is 59.9 Å². The Morgan fingerprint density at radius 3 is 2.52 bits per heavy atom. The van der Waals surface area contributed by atoms with Gasteiger partial charge in [0.05, 0.1) is 0 Å². The molecule has 0 unspecified atom stereocenters. The van der Waals surface area contributed by atoms with Gasteiger partial charge in [0.1, 0.15) is 11.9 Å². The number of halogens is 3. The van der Waals surface area contributed by atoms with E-state index in [0.29, 0.717) is 31.7 Å². The van der Waals surface area contributed by atoms with Crippen LogP contribution in [0.25, 0.3) is 10.8 Å². The minimum Gasteiger partial charge on any atom is -0.384 e. The highest BCUT2D eigenvalue weighted by Gasteiger charge is 2.31. The average Bonchev–Trinajstić information content (AvgIpc) is 3.43. The monoisotopic (exact) mass is 653 g/mol. The summed E-state index contributed by atoms with van der Waals surface area (Å²) in [6, 6.07) is 23.4. The number of anilines is 2. The first-order valence-electron chi connectivity index (χ1n) is 13.7. The Bertz CT molecular complexity index is 1800. The lowest BCUT2D eigenvalue weighted by Gasteiger charge is -2.20. The third-order valence-electron chi connectivity index (χ3n) is 7.73. The number of amides is 1. The molecule has 4 heterocycles. The fourth-order valence-corrected chi connectivity index (χ4v) is 5.51. The molecule has 1 aliphatic heterocycles. The number of hydrogen-bond donors (Lipinski definition) is 3. The zero-order valence-electron chi connectivity index (χ0n) is 24.0. The number of nitrogen functional groups attached to an aromatic ring is 1. The second-order valence-corrected chi connectivity index (χ2v) is 10.3. The lowest BCUT2D eigenvalue weighted by Crippen LogP contribution is -2.36. The molecule has 44 heavy (non-hydrogen) atoms. The van der Waals surface area contributed by atoms with E-state index in [0.717, 1.165) is 39.0 Å². The molecule has 0 saturated heterocycles. The van der Waals surface area contributed by atoms with Crippen molar-refractivity contribution in [2.45, 2.75) is 38.3 Å². The van der Waals surface area contributed by atoms with E-state index in [1.54, 1.807) is 23.0 Å². The Hall–Kier alpha value is -4.18. The Labute approximate surface area is 274 Å². The molecule has 2 atom stereocenters. The lowest BCUT2D eigenvalue weighted by molar-refractivity contribution is -0.124. The molecule has 0 saturated carbocycles. The smallest absolute Gasteiger partial charge is 0.294 e. The SMILES string of the molecule is Cc1nc(N)ccc1CNC(=O)[C@@H]1CCc2cnc(NC[C@H](c3ccc4ccccc4c3)c3ccccn3)c(=O)n21.Cl.Cl.Cl. The number of pyridine rings is 2. The highest BCUT2D eigenvalue weighted by Crippen LogP contribution is 2.28. The van der Waals surface area contributed by atoms with Gasteiger partial charge in [0.25, 0.3) is 5.56 Å². The summed E-state index contributed by atoms with van der Waals surface area (Å²) in [6.07, 6.45) is 4.61. The van der Waals surface area contributed by atoms with Crippen LogP contribution in [0.3, 0.4) is 0 Å². The van der Waals surface area contributed by atoms with Gasteiger partial charge in [-0.3, -0.25) is 19.1 Å². The van der Waals surface area contributed by atoms with E-state index >= 15 is 0 Å². The van der Waals surface area contributed by atoms with Gasteiger partial charge >= 0.3 is 0 Å². The minimum absolute atomic E-state index is 0. The van der Waals surface area contributed by atoms with Crippen molar-refractivity contribution in [3.63, 3.8) is 0 Å². The second-order valence-electron chi connectivity index (χ2n) is 10.3. The fourth-order valence-electron chi connectivity index (χ4n) is 5.51. The van der Waals surface area contributed by atoms with E-state index in [1.165, 1.54) is 0 Å². The number of nitrogens with one attached hydrogen (secondary N) is 2. The van der Waals surface area contributed by atoms with Gasteiger partial charge in [-0.2, -0.15) is 0 Å². The normalized spacial score (nSPS) is 13.9. The molecule has 2 aromatic carbocycles. The Morgan fingerprint density at radius 1 is 1.00 bits per heavy atom. The molecule has 3 aromatic heterocycles. The van der Waals surface area contributed by atoms with Gasteiger partial charge in [-0.1, -0.05) is 54.6 Å². The van der Waals surface area contributed by atoms with Gasteiger partial charge in [0.2, 0.25) is 5.91 Å². The molecule has 0 radical (unpaired) electrons. The van der Waals surface area contributed by atoms with Crippen molar-refractivity contribution in [2.24, 2.45) is 0 Å². The van der Waals surface area contributed by atoms with Crippen LogP contribution >= 0.6 is 37.2 Å². The highest BCUT2D eigenvalue weighted by atomic mass is 35.5. The van der Waals surface area contributed by atoms with Gasteiger partial charge in [0.15, 0.2) is 5.82 Å². The van der Waals surface area contributed by atoms with Crippen molar-refractivity contribution in [1.29, 1.82) is 0 Å². The molecule has 0 fully saturated rings. The molecule has 0 bridgehead atoms. The summed E-state index contributed by atoms with van der Waals surface area (Å²) in [5.41, 5.74) is 9.81. The number of fused-ring (bicyclic) bond motifs is 2. The van der Waals surface area contributed by atoms with Crippen LogP contribution in [-0.4, -0.2) is 32.0 Å². The van der Waals surface area contributed by atoms with E-state index in [4.69, 9.17) is 5.73 Å². The summed E-state index contributed by atoms with van der Waals surface area (Å²) < 4.78 is 1.57. The van der Waals surface area contributed by atoms with E-state index < -0.39 is 6.04 Å². The Morgan fingerprint density at radius 2 is 1.77 bits per heavy atom. The van der Waals surface area contributed by atoms with Crippen LogP contribution in [0.4, 0.5) is 11.6 Å². The van der Waals surface area contributed by atoms with Crippen molar-refractivity contribution < 1.29 is 4.79 Å². The molecule has 4 N–H and O–H groups in total. The van der Waals surface area contributed by atoms with E-state index in [2.05, 4.69) is 55.9 Å². The highest BCUT2D eigenvalue weighted by molar-refractivity contribution is 5.86. The summed E-state index contributed by atoms with van der Waals surface area (Å²) in [5, 5.41) is 8.55. The second kappa shape index (κ2) is 15.0. The van der Waals surface area contributed by atoms with Crippen LogP contribution in [0, 0.1) is 6.92 Å². The number of aryl methyl sites for hydroxylation is 2. The molecular formula is C32H34Cl3N7O2. The maximum Gasteiger partial charge on any atom is 0.294 e. The van der Waals surface area contributed by atoms with Crippen molar-refractivity contribution in [2.75, 3.05) is 17.6 Å². The Balaban J connectivity index is 0.00000176. The molecule has 5 aromatic rings. The first-order valence-corrected chi connectivity index (χ1v) is 13.7. The average molecular weight is 655 g/mol. The summed E-state index contributed by atoms with van der Waals surface area (Å²) >= 11 is 0. The number of carbonyl (C=O) groups is 1. The maximum atomic E-state index is 13.6. The number of carbonyl (C=O) groups excluding carboxylic acids is 1. The maximum absolute atomic E-state index is 13.6. The van der Waals surface area contributed by atoms with Crippen LogP contribution < -0.4 is 21.9 Å². The molecule has 6 rings (SSSR count). The van der Waals surface area contributed by atoms with Crippen molar-refractivity contribution in [3.8, 4) is 0 Å². The van der Waals surface area contributed by atoms with Crippen LogP contribution in [-0.2, 0) is 17.8 Å². The molecule has 1 amide bonds. The Kier molecular flexibility index (Phi) is 11.7. The van der Waals surface area contributed by atoms with Crippen molar-refractivity contribution in [3.05, 3.63) is 124 Å². The summed E-state index contributed by atoms with van der Waals surface area (Å²) in [5.74, 6) is 0.332. The molecular weight excluding hydrogens is 621 g/mol. The van der Waals surface area contributed by atoms with E-state index in [-0.39, 0.29) is 60.4 Å². The third kappa shape index (κ3) is 7.13. The molecule has 0 aliphatic carbocycles. The lowest BCUT2D eigenvalue weighted by atomic mass is 9.93. The zero-order chi connectivity index (χ0) is 28.3. The van der Waals surface area contributed by atoms with Crippen LogP contribution in [0.2, 0.25) is 0 Å². The van der Waals surface area contributed by atoms with Crippen molar-refractivity contribution in [1.82, 2.24) is 24.8 Å². The molecule has 0 spiro atoms. The zero-order valence-corrected chi connectivity index (χ0v) is 26.4. The molecule has 1 aliphatic rings. The number of benzene rings is 2.